The second-order valence-electron chi connectivity index (χ2n) is 4.77. The van der Waals surface area contributed by atoms with Crippen molar-refractivity contribution in [2.75, 3.05) is 21.3 Å². The Labute approximate surface area is 130 Å². The molecule has 2 aromatic rings. The summed E-state index contributed by atoms with van der Waals surface area (Å²) in [7, 11) is 4.66. The van der Waals surface area contributed by atoms with E-state index in [9.17, 15) is 5.11 Å². The lowest BCUT2D eigenvalue weighted by atomic mass is 10.1. The number of ether oxygens (including phenoxy) is 4. The highest BCUT2D eigenvalue weighted by molar-refractivity contribution is 5.55. The average Bonchev–Trinajstić information content (AvgIpc) is 2.54. The van der Waals surface area contributed by atoms with E-state index in [0.29, 0.717) is 29.6 Å². The van der Waals surface area contributed by atoms with Gasteiger partial charge in [-0.15, -0.1) is 0 Å². The van der Waals surface area contributed by atoms with Crippen molar-refractivity contribution in [2.45, 2.75) is 13.5 Å². The molecule has 0 unspecified atom stereocenters. The number of hydrogen-bond acceptors (Lipinski definition) is 5. The van der Waals surface area contributed by atoms with Crippen LogP contribution >= 0.6 is 0 Å². The molecule has 0 atom stereocenters. The van der Waals surface area contributed by atoms with Crippen LogP contribution in [0.3, 0.4) is 0 Å². The second kappa shape index (κ2) is 6.93. The molecular formula is C17H20O5. The molecule has 0 saturated heterocycles. The van der Waals surface area contributed by atoms with Gasteiger partial charge in [0.1, 0.15) is 18.1 Å². The lowest BCUT2D eigenvalue weighted by Gasteiger charge is -2.15. The van der Waals surface area contributed by atoms with E-state index in [1.807, 2.05) is 19.1 Å². The highest BCUT2D eigenvalue weighted by atomic mass is 16.5. The van der Waals surface area contributed by atoms with Crippen LogP contribution in [0.1, 0.15) is 11.1 Å². The molecule has 0 saturated carbocycles. The molecule has 0 aliphatic heterocycles. The molecule has 0 fully saturated rings. The smallest absolute Gasteiger partial charge is 0.203 e. The Morgan fingerprint density at radius 3 is 2.05 bits per heavy atom. The molecule has 0 radical (unpaired) electrons. The first-order chi connectivity index (χ1) is 10.6. The van der Waals surface area contributed by atoms with Crippen LogP contribution in [0.2, 0.25) is 0 Å². The van der Waals surface area contributed by atoms with Crippen LogP contribution in [0.4, 0.5) is 0 Å². The molecule has 5 nitrogen and oxygen atoms in total. The largest absolute Gasteiger partial charge is 0.508 e. The Hall–Kier alpha value is -2.56. The summed E-state index contributed by atoms with van der Waals surface area (Å²) in [5, 5.41) is 9.72. The maximum atomic E-state index is 9.72. The Morgan fingerprint density at radius 2 is 1.55 bits per heavy atom. The van der Waals surface area contributed by atoms with Crippen LogP contribution in [-0.2, 0) is 6.61 Å². The van der Waals surface area contributed by atoms with E-state index in [4.69, 9.17) is 18.9 Å². The van der Waals surface area contributed by atoms with Crippen molar-refractivity contribution < 1.29 is 24.1 Å². The van der Waals surface area contributed by atoms with E-state index in [-0.39, 0.29) is 5.75 Å². The van der Waals surface area contributed by atoms with Crippen molar-refractivity contribution in [1.29, 1.82) is 0 Å². The Kier molecular flexibility index (Phi) is 4.99. The number of phenolic OH excluding ortho intramolecular Hbond substituents is 1. The fraction of sp³-hybridized carbons (Fsp3) is 0.294. The van der Waals surface area contributed by atoms with Gasteiger partial charge in [-0.05, 0) is 24.1 Å². The summed E-state index contributed by atoms with van der Waals surface area (Å²) in [5.74, 6) is 2.43. The summed E-state index contributed by atoms with van der Waals surface area (Å²) < 4.78 is 21.6. The Morgan fingerprint density at radius 1 is 0.909 bits per heavy atom. The predicted molar refractivity (Wildman–Crippen MR) is 83.3 cm³/mol. The van der Waals surface area contributed by atoms with E-state index in [2.05, 4.69) is 0 Å². The van der Waals surface area contributed by atoms with Crippen LogP contribution in [0.25, 0.3) is 0 Å². The quantitative estimate of drug-likeness (QED) is 0.887. The zero-order valence-electron chi connectivity index (χ0n) is 13.2. The average molecular weight is 304 g/mol. The number of aryl methyl sites for hydroxylation is 1. The van der Waals surface area contributed by atoms with E-state index in [1.165, 1.54) is 0 Å². The minimum absolute atomic E-state index is 0.256. The molecule has 0 aliphatic rings. The Bertz CT molecular complexity index is 626. The SMILES string of the molecule is COc1cc(OCc2ccc(C)c(O)c2)cc(OC)c1OC. The zero-order valence-corrected chi connectivity index (χ0v) is 13.2. The molecule has 0 amide bonds. The van der Waals surface area contributed by atoms with Crippen LogP contribution in [0, 0.1) is 6.92 Å². The molecule has 2 rings (SSSR count). The van der Waals surface area contributed by atoms with Crippen LogP contribution < -0.4 is 18.9 Å². The monoisotopic (exact) mass is 304 g/mol. The van der Waals surface area contributed by atoms with Gasteiger partial charge >= 0.3 is 0 Å². The van der Waals surface area contributed by atoms with Gasteiger partial charge in [-0.1, -0.05) is 12.1 Å². The van der Waals surface area contributed by atoms with E-state index < -0.39 is 0 Å². The first-order valence-corrected chi connectivity index (χ1v) is 6.80. The van der Waals surface area contributed by atoms with Crippen molar-refractivity contribution in [2.24, 2.45) is 0 Å². The molecular weight excluding hydrogens is 284 g/mol. The van der Waals surface area contributed by atoms with Crippen molar-refractivity contribution >= 4 is 0 Å². The van der Waals surface area contributed by atoms with Gasteiger partial charge < -0.3 is 24.1 Å². The van der Waals surface area contributed by atoms with Gasteiger partial charge in [-0.2, -0.15) is 0 Å². The van der Waals surface area contributed by atoms with Crippen LogP contribution in [0.15, 0.2) is 30.3 Å². The van der Waals surface area contributed by atoms with Crippen LogP contribution in [0.5, 0.6) is 28.7 Å². The molecule has 5 heteroatoms. The molecule has 2 aromatic carbocycles. The maximum absolute atomic E-state index is 9.72. The van der Waals surface area contributed by atoms with Crippen molar-refractivity contribution in [3.8, 4) is 28.7 Å². The fourth-order valence-electron chi connectivity index (χ4n) is 2.05. The molecule has 0 bridgehead atoms. The number of aromatic hydroxyl groups is 1. The highest BCUT2D eigenvalue weighted by Crippen LogP contribution is 2.40. The number of hydrogen-bond donors (Lipinski definition) is 1. The fourth-order valence-corrected chi connectivity index (χ4v) is 2.05. The van der Waals surface area contributed by atoms with Gasteiger partial charge in [0, 0.05) is 12.1 Å². The van der Waals surface area contributed by atoms with Gasteiger partial charge in [0.15, 0.2) is 11.5 Å². The maximum Gasteiger partial charge on any atom is 0.203 e. The van der Waals surface area contributed by atoms with Gasteiger partial charge in [0.25, 0.3) is 0 Å². The standard InChI is InChI=1S/C17H20O5/c1-11-5-6-12(7-14(11)18)10-22-13-8-15(19-2)17(21-4)16(9-13)20-3/h5-9,18H,10H2,1-4H3. The van der Waals surface area contributed by atoms with Crippen molar-refractivity contribution in [3.63, 3.8) is 0 Å². The van der Waals surface area contributed by atoms with Crippen LogP contribution in [-0.4, -0.2) is 26.4 Å². The number of rotatable bonds is 6. The van der Waals surface area contributed by atoms with Gasteiger partial charge in [-0.3, -0.25) is 0 Å². The summed E-state index contributed by atoms with van der Waals surface area (Å²) in [4.78, 5) is 0. The number of phenols is 1. The summed E-state index contributed by atoms with van der Waals surface area (Å²) >= 11 is 0. The van der Waals surface area contributed by atoms with Crippen molar-refractivity contribution in [1.82, 2.24) is 0 Å². The zero-order chi connectivity index (χ0) is 16.1. The molecule has 118 valence electrons. The van der Waals surface area contributed by atoms with Gasteiger partial charge in [-0.25, -0.2) is 0 Å². The lowest BCUT2D eigenvalue weighted by molar-refractivity contribution is 0.291. The van der Waals surface area contributed by atoms with Gasteiger partial charge in [0.05, 0.1) is 21.3 Å². The second-order valence-corrected chi connectivity index (χ2v) is 4.77. The molecule has 0 heterocycles. The van der Waals surface area contributed by atoms with Crippen molar-refractivity contribution in [3.05, 3.63) is 41.5 Å². The molecule has 22 heavy (non-hydrogen) atoms. The minimum atomic E-state index is 0.256. The van der Waals surface area contributed by atoms with E-state index in [0.717, 1.165) is 11.1 Å². The predicted octanol–water partition coefficient (Wildman–Crippen LogP) is 3.31. The summed E-state index contributed by atoms with van der Waals surface area (Å²) in [6, 6.07) is 8.91. The normalized spacial score (nSPS) is 10.2. The summed E-state index contributed by atoms with van der Waals surface area (Å²) in [6.07, 6.45) is 0. The third-order valence-corrected chi connectivity index (χ3v) is 3.32. The first kappa shape index (κ1) is 15.8. The molecule has 0 spiro atoms. The third-order valence-electron chi connectivity index (χ3n) is 3.32. The first-order valence-electron chi connectivity index (χ1n) is 6.80. The Balaban J connectivity index is 2.20. The van der Waals surface area contributed by atoms with E-state index in [1.54, 1.807) is 39.5 Å². The topological polar surface area (TPSA) is 57.2 Å². The highest BCUT2D eigenvalue weighted by Gasteiger charge is 2.14. The molecule has 0 aliphatic carbocycles. The van der Waals surface area contributed by atoms with E-state index >= 15 is 0 Å². The summed E-state index contributed by atoms with van der Waals surface area (Å²) in [6.45, 7) is 2.17. The number of benzene rings is 2. The lowest BCUT2D eigenvalue weighted by Crippen LogP contribution is -1.99. The minimum Gasteiger partial charge on any atom is -0.508 e. The number of methoxy groups -OCH3 is 3. The molecule has 0 aromatic heterocycles. The molecule has 1 N–H and O–H groups in total. The third kappa shape index (κ3) is 3.36. The van der Waals surface area contributed by atoms with Gasteiger partial charge in [0.2, 0.25) is 5.75 Å². The summed E-state index contributed by atoms with van der Waals surface area (Å²) in [5.41, 5.74) is 1.70.